The van der Waals surface area contributed by atoms with Gasteiger partial charge in [0.1, 0.15) is 5.78 Å². The Bertz CT molecular complexity index is 559. The van der Waals surface area contributed by atoms with Gasteiger partial charge in [-0.2, -0.15) is 0 Å². The topological polar surface area (TPSA) is 46.5 Å². The van der Waals surface area contributed by atoms with Crippen LogP contribution in [0.2, 0.25) is 0 Å². The summed E-state index contributed by atoms with van der Waals surface area (Å²) in [6.07, 6.45) is 8.75. The van der Waals surface area contributed by atoms with E-state index in [1.807, 2.05) is 0 Å². The molecule has 25 heavy (non-hydrogen) atoms. The summed E-state index contributed by atoms with van der Waals surface area (Å²) in [6, 6.07) is 0. The van der Waals surface area contributed by atoms with E-state index in [1.54, 1.807) is 7.11 Å². The molecule has 0 aromatic rings. The highest BCUT2D eigenvalue weighted by molar-refractivity contribution is 5.82. The maximum atomic E-state index is 12.3. The van der Waals surface area contributed by atoms with E-state index in [1.165, 1.54) is 19.3 Å². The smallest absolute Gasteiger partial charge is 0.136 e. The minimum absolute atomic E-state index is 0.00345. The lowest BCUT2D eigenvalue weighted by atomic mass is 9.44. The number of fused-ring (bicyclic) bond motifs is 5. The van der Waals surface area contributed by atoms with Crippen LogP contribution >= 0.6 is 0 Å². The number of carbonyl (C=O) groups excluding carboxylic acids is 1. The van der Waals surface area contributed by atoms with Gasteiger partial charge in [-0.15, -0.1) is 0 Å². The Morgan fingerprint density at radius 3 is 2.56 bits per heavy atom. The molecule has 0 spiro atoms. The van der Waals surface area contributed by atoms with Crippen LogP contribution in [0.3, 0.4) is 0 Å². The Balaban J connectivity index is 1.63. The fourth-order valence-corrected chi connectivity index (χ4v) is 7.99. The van der Waals surface area contributed by atoms with Gasteiger partial charge < -0.3 is 9.84 Å². The second kappa shape index (κ2) is 5.79. The largest absolute Gasteiger partial charge is 0.387 e. The molecule has 0 aromatic heterocycles. The number of carbonyl (C=O) groups is 1. The zero-order valence-corrected chi connectivity index (χ0v) is 16.5. The van der Waals surface area contributed by atoms with Crippen LogP contribution in [-0.2, 0) is 9.53 Å². The monoisotopic (exact) mass is 348 g/mol. The first-order valence-electron chi connectivity index (χ1n) is 10.5. The predicted molar refractivity (Wildman–Crippen MR) is 98.1 cm³/mol. The SMILES string of the molecule is COC[C@]1(O)CC[C@@H]2[C@@H]3CC[C@@H]4CC(=O)[C@H](C)C[C@]4(C)[C@@H]3CC[C@@]21C. The number of rotatable bonds is 2. The van der Waals surface area contributed by atoms with Crippen molar-refractivity contribution in [3.8, 4) is 0 Å². The Morgan fingerprint density at radius 2 is 1.84 bits per heavy atom. The lowest BCUT2D eigenvalue weighted by Gasteiger charge is -2.61. The molecular weight excluding hydrogens is 312 g/mol. The first-order chi connectivity index (χ1) is 11.7. The van der Waals surface area contributed by atoms with E-state index in [0.29, 0.717) is 29.6 Å². The van der Waals surface area contributed by atoms with E-state index in [9.17, 15) is 9.90 Å². The van der Waals surface area contributed by atoms with Crippen molar-refractivity contribution in [2.75, 3.05) is 13.7 Å². The highest BCUT2D eigenvalue weighted by Crippen LogP contribution is 2.68. The number of hydrogen-bond donors (Lipinski definition) is 1. The number of aliphatic hydroxyl groups is 1. The van der Waals surface area contributed by atoms with Crippen molar-refractivity contribution in [2.45, 2.75) is 77.7 Å². The van der Waals surface area contributed by atoms with E-state index in [-0.39, 0.29) is 11.3 Å². The van der Waals surface area contributed by atoms with E-state index in [0.717, 1.165) is 43.9 Å². The Morgan fingerprint density at radius 1 is 1.12 bits per heavy atom. The molecule has 0 amide bonds. The Labute approximate surface area is 152 Å². The van der Waals surface area contributed by atoms with E-state index in [4.69, 9.17) is 4.74 Å². The minimum atomic E-state index is -0.648. The van der Waals surface area contributed by atoms with Gasteiger partial charge in [-0.1, -0.05) is 20.8 Å². The molecule has 1 N–H and O–H groups in total. The van der Waals surface area contributed by atoms with Gasteiger partial charge in [-0.3, -0.25) is 4.79 Å². The predicted octanol–water partition coefficient (Wildman–Crippen LogP) is 4.22. The van der Waals surface area contributed by atoms with Gasteiger partial charge in [0.05, 0.1) is 12.2 Å². The lowest BCUT2D eigenvalue weighted by molar-refractivity contribution is -0.172. The minimum Gasteiger partial charge on any atom is -0.387 e. The molecule has 3 heteroatoms. The van der Waals surface area contributed by atoms with Gasteiger partial charge >= 0.3 is 0 Å². The van der Waals surface area contributed by atoms with E-state index < -0.39 is 5.60 Å². The van der Waals surface area contributed by atoms with Gasteiger partial charge in [-0.05, 0) is 74.0 Å². The highest BCUT2D eigenvalue weighted by Gasteiger charge is 2.64. The van der Waals surface area contributed by atoms with Crippen LogP contribution < -0.4 is 0 Å². The van der Waals surface area contributed by atoms with Crippen LogP contribution in [0.25, 0.3) is 0 Å². The zero-order chi connectivity index (χ0) is 18.0. The summed E-state index contributed by atoms with van der Waals surface area (Å²) in [5, 5.41) is 11.3. The van der Waals surface area contributed by atoms with Crippen LogP contribution in [0.4, 0.5) is 0 Å². The summed E-state index contributed by atoms with van der Waals surface area (Å²) in [6.45, 7) is 7.45. The molecule has 4 rings (SSSR count). The molecule has 0 heterocycles. The molecular formula is C22H36O3. The van der Waals surface area contributed by atoms with Crippen LogP contribution in [-0.4, -0.2) is 30.2 Å². The fourth-order valence-electron chi connectivity index (χ4n) is 7.99. The summed E-state index contributed by atoms with van der Waals surface area (Å²) in [5.74, 6) is 3.42. The van der Waals surface area contributed by atoms with Gasteiger partial charge in [0.2, 0.25) is 0 Å². The zero-order valence-electron chi connectivity index (χ0n) is 16.5. The highest BCUT2D eigenvalue weighted by atomic mass is 16.5. The van der Waals surface area contributed by atoms with Crippen molar-refractivity contribution in [3.05, 3.63) is 0 Å². The summed E-state index contributed by atoms with van der Waals surface area (Å²) in [5.41, 5.74) is -0.312. The van der Waals surface area contributed by atoms with Gasteiger partial charge in [-0.25, -0.2) is 0 Å². The summed E-state index contributed by atoms with van der Waals surface area (Å²) in [4.78, 5) is 12.3. The Hall–Kier alpha value is -0.410. The molecule has 142 valence electrons. The number of ketones is 1. The first-order valence-corrected chi connectivity index (χ1v) is 10.5. The van der Waals surface area contributed by atoms with Crippen molar-refractivity contribution in [1.29, 1.82) is 0 Å². The molecule has 8 atom stereocenters. The maximum absolute atomic E-state index is 12.3. The number of hydrogen-bond acceptors (Lipinski definition) is 3. The van der Waals surface area contributed by atoms with Crippen molar-refractivity contribution in [1.82, 2.24) is 0 Å². The number of methoxy groups -OCH3 is 1. The van der Waals surface area contributed by atoms with Crippen LogP contribution in [0.1, 0.15) is 72.1 Å². The van der Waals surface area contributed by atoms with Gasteiger partial charge in [0, 0.05) is 24.9 Å². The molecule has 0 aliphatic heterocycles. The quantitative estimate of drug-likeness (QED) is 0.812. The first kappa shape index (κ1) is 18.0. The van der Waals surface area contributed by atoms with Crippen molar-refractivity contribution < 1.29 is 14.6 Å². The summed E-state index contributed by atoms with van der Waals surface area (Å²) < 4.78 is 5.42. The normalized spacial score (nSPS) is 55.4. The molecule has 0 unspecified atom stereocenters. The molecule has 4 saturated carbocycles. The molecule has 0 radical (unpaired) electrons. The number of ether oxygens (including phenoxy) is 1. The molecule has 4 aliphatic carbocycles. The second-order valence-corrected chi connectivity index (χ2v) is 10.4. The molecule has 0 saturated heterocycles. The van der Waals surface area contributed by atoms with Crippen LogP contribution in [0.15, 0.2) is 0 Å². The summed E-state index contributed by atoms with van der Waals surface area (Å²) in [7, 11) is 1.72. The lowest BCUT2D eigenvalue weighted by Crippen LogP contribution is -2.58. The molecule has 0 aromatic carbocycles. The van der Waals surface area contributed by atoms with Crippen molar-refractivity contribution in [2.24, 2.45) is 40.4 Å². The van der Waals surface area contributed by atoms with Gasteiger partial charge in [0.15, 0.2) is 0 Å². The maximum Gasteiger partial charge on any atom is 0.136 e. The Kier molecular flexibility index (Phi) is 4.16. The average molecular weight is 349 g/mol. The fraction of sp³-hybridized carbons (Fsp3) is 0.955. The molecule has 0 bridgehead atoms. The van der Waals surface area contributed by atoms with Crippen molar-refractivity contribution >= 4 is 5.78 Å². The third kappa shape index (κ3) is 2.34. The summed E-state index contributed by atoms with van der Waals surface area (Å²) >= 11 is 0. The molecule has 3 nitrogen and oxygen atoms in total. The van der Waals surface area contributed by atoms with E-state index >= 15 is 0 Å². The molecule has 4 fully saturated rings. The standard InChI is InChI=1S/C22H36O3/c1-14-12-20(2)15(11-19(14)23)5-6-16-17(20)7-9-21(3)18(16)8-10-22(21,24)13-25-4/h14-18,24H,5-13H2,1-4H3/t14-,15-,16-,17-,18-,20+,21+,22-/m1/s1. The molecule has 4 aliphatic rings. The van der Waals surface area contributed by atoms with Gasteiger partial charge in [0.25, 0.3) is 0 Å². The third-order valence-electron chi connectivity index (χ3n) is 9.51. The average Bonchev–Trinajstić information content (AvgIpc) is 2.81. The third-order valence-corrected chi connectivity index (χ3v) is 9.51. The van der Waals surface area contributed by atoms with E-state index in [2.05, 4.69) is 20.8 Å². The number of Topliss-reactive ketones (excluding diaryl/α,β-unsaturated/α-hetero) is 1. The van der Waals surface area contributed by atoms with Crippen LogP contribution in [0, 0.1) is 40.4 Å². The van der Waals surface area contributed by atoms with Crippen molar-refractivity contribution in [3.63, 3.8) is 0 Å². The second-order valence-electron chi connectivity index (χ2n) is 10.4. The van der Waals surface area contributed by atoms with Crippen LogP contribution in [0.5, 0.6) is 0 Å².